The molecule has 1 heterocycles. The zero-order chi connectivity index (χ0) is 21.2. The SMILES string of the molecule is COC(=O)c1c(NC(=S)Nc2cc(C(F)(F)F)ccc2F)sc2c1CCCCC2. The van der Waals surface area contributed by atoms with Crippen LogP contribution in [0.25, 0.3) is 0 Å². The molecule has 10 heteroatoms. The monoisotopic (exact) mass is 446 g/mol. The third-order valence-electron chi connectivity index (χ3n) is 4.58. The average Bonchev–Trinajstić information content (AvgIpc) is 2.82. The molecular formula is C19H18F4N2O2S2. The summed E-state index contributed by atoms with van der Waals surface area (Å²) in [5.41, 5.74) is -0.115. The van der Waals surface area contributed by atoms with Crippen LogP contribution in [0.15, 0.2) is 18.2 Å². The molecule has 2 aromatic rings. The Bertz CT molecular complexity index is 941. The van der Waals surface area contributed by atoms with Crippen molar-refractivity contribution in [3.63, 3.8) is 0 Å². The van der Waals surface area contributed by atoms with Crippen molar-refractivity contribution >= 4 is 45.3 Å². The number of alkyl halides is 3. The summed E-state index contributed by atoms with van der Waals surface area (Å²) in [7, 11) is 1.28. The van der Waals surface area contributed by atoms with Crippen LogP contribution in [0.3, 0.4) is 0 Å². The fraction of sp³-hybridized carbons (Fsp3) is 0.368. The molecule has 3 rings (SSSR count). The minimum Gasteiger partial charge on any atom is -0.465 e. The van der Waals surface area contributed by atoms with E-state index < -0.39 is 29.2 Å². The van der Waals surface area contributed by atoms with E-state index in [0.29, 0.717) is 22.7 Å². The second kappa shape index (κ2) is 8.66. The van der Waals surface area contributed by atoms with Crippen molar-refractivity contribution in [3.05, 3.63) is 45.6 Å². The molecule has 0 saturated carbocycles. The van der Waals surface area contributed by atoms with Gasteiger partial charge in [0, 0.05) is 4.88 Å². The minimum absolute atomic E-state index is 0.121. The highest BCUT2D eigenvalue weighted by atomic mass is 32.1. The van der Waals surface area contributed by atoms with Gasteiger partial charge >= 0.3 is 12.1 Å². The summed E-state index contributed by atoms with van der Waals surface area (Å²) >= 11 is 6.50. The van der Waals surface area contributed by atoms with Crippen LogP contribution in [-0.4, -0.2) is 18.2 Å². The summed E-state index contributed by atoms with van der Waals surface area (Å²) in [5, 5.41) is 5.59. The second-order valence-electron chi connectivity index (χ2n) is 6.53. The molecule has 0 atom stereocenters. The van der Waals surface area contributed by atoms with Gasteiger partial charge < -0.3 is 15.4 Å². The lowest BCUT2D eigenvalue weighted by atomic mass is 10.1. The molecule has 1 aromatic carbocycles. The Hall–Kier alpha value is -2.20. The maximum atomic E-state index is 14.0. The number of carbonyl (C=O) groups excluding carboxylic acids is 1. The van der Waals surface area contributed by atoms with Gasteiger partial charge in [-0.25, -0.2) is 9.18 Å². The van der Waals surface area contributed by atoms with Crippen molar-refractivity contribution in [2.24, 2.45) is 0 Å². The van der Waals surface area contributed by atoms with Gasteiger partial charge in [-0.2, -0.15) is 13.2 Å². The van der Waals surface area contributed by atoms with E-state index in [0.717, 1.165) is 48.6 Å². The number of carbonyl (C=O) groups is 1. The molecule has 1 aromatic heterocycles. The molecule has 0 spiro atoms. The van der Waals surface area contributed by atoms with Crippen molar-refractivity contribution in [2.45, 2.75) is 38.3 Å². The summed E-state index contributed by atoms with van der Waals surface area (Å²) in [4.78, 5) is 13.4. The summed E-state index contributed by atoms with van der Waals surface area (Å²) < 4.78 is 57.5. The quantitative estimate of drug-likeness (QED) is 0.271. The molecule has 1 aliphatic carbocycles. The van der Waals surface area contributed by atoms with Gasteiger partial charge in [-0.3, -0.25) is 0 Å². The standard InChI is InChI=1S/C19H18F4N2O2S2/c1-27-17(26)15-11-5-3-2-4-6-14(11)29-16(15)25-18(28)24-13-9-10(19(21,22)23)7-8-12(13)20/h7-9H,2-6H2,1H3,(H2,24,25,28). The number of esters is 1. The number of anilines is 2. The highest BCUT2D eigenvalue weighted by Crippen LogP contribution is 2.38. The van der Waals surface area contributed by atoms with Gasteiger partial charge in [-0.15, -0.1) is 11.3 Å². The number of halogens is 4. The van der Waals surface area contributed by atoms with Crippen LogP contribution in [0.4, 0.5) is 28.3 Å². The van der Waals surface area contributed by atoms with Gasteiger partial charge in [-0.05, 0) is 61.7 Å². The minimum atomic E-state index is -4.61. The molecule has 0 radical (unpaired) electrons. The Balaban J connectivity index is 1.85. The van der Waals surface area contributed by atoms with Crippen LogP contribution in [0, 0.1) is 5.82 Å². The molecule has 0 saturated heterocycles. The first-order valence-electron chi connectivity index (χ1n) is 8.88. The van der Waals surface area contributed by atoms with Crippen LogP contribution in [0.2, 0.25) is 0 Å². The zero-order valence-corrected chi connectivity index (χ0v) is 17.0. The Labute approximate surface area is 174 Å². The average molecular weight is 446 g/mol. The topological polar surface area (TPSA) is 50.4 Å². The predicted molar refractivity (Wildman–Crippen MR) is 108 cm³/mol. The van der Waals surface area contributed by atoms with E-state index in [1.54, 1.807) is 0 Å². The molecule has 1 aliphatic rings. The number of rotatable bonds is 3. The maximum absolute atomic E-state index is 14.0. The van der Waals surface area contributed by atoms with E-state index in [1.807, 2.05) is 0 Å². The first-order chi connectivity index (χ1) is 13.7. The van der Waals surface area contributed by atoms with Crippen LogP contribution in [-0.2, 0) is 23.8 Å². The normalized spacial score (nSPS) is 14.0. The van der Waals surface area contributed by atoms with Crippen LogP contribution in [0.5, 0.6) is 0 Å². The highest BCUT2D eigenvalue weighted by molar-refractivity contribution is 7.80. The number of thiophene rings is 1. The molecule has 4 nitrogen and oxygen atoms in total. The third-order valence-corrected chi connectivity index (χ3v) is 5.99. The molecular weight excluding hydrogens is 428 g/mol. The lowest BCUT2D eigenvalue weighted by Crippen LogP contribution is -2.21. The smallest absolute Gasteiger partial charge is 0.416 e. The molecule has 156 valence electrons. The fourth-order valence-corrected chi connectivity index (χ4v) is 4.76. The Morgan fingerprint density at radius 2 is 1.90 bits per heavy atom. The Morgan fingerprint density at radius 1 is 1.17 bits per heavy atom. The Morgan fingerprint density at radius 3 is 2.59 bits per heavy atom. The number of hydrogen-bond acceptors (Lipinski definition) is 4. The number of hydrogen-bond donors (Lipinski definition) is 2. The lowest BCUT2D eigenvalue weighted by Gasteiger charge is -2.14. The molecule has 0 aliphatic heterocycles. The maximum Gasteiger partial charge on any atom is 0.416 e. The second-order valence-corrected chi connectivity index (χ2v) is 8.05. The van der Waals surface area contributed by atoms with E-state index in [-0.39, 0.29) is 5.11 Å². The number of methoxy groups -OCH3 is 1. The largest absolute Gasteiger partial charge is 0.465 e. The summed E-state index contributed by atoms with van der Waals surface area (Å²) in [6, 6.07) is 2.03. The van der Waals surface area contributed by atoms with Crippen molar-refractivity contribution in [1.82, 2.24) is 0 Å². The molecule has 0 amide bonds. The van der Waals surface area contributed by atoms with Crippen molar-refractivity contribution in [1.29, 1.82) is 0 Å². The number of aryl methyl sites for hydroxylation is 1. The molecule has 2 N–H and O–H groups in total. The zero-order valence-electron chi connectivity index (χ0n) is 15.4. The summed E-state index contributed by atoms with van der Waals surface area (Å²) in [6.07, 6.45) is -0.0202. The van der Waals surface area contributed by atoms with Crippen LogP contribution < -0.4 is 10.6 Å². The van der Waals surface area contributed by atoms with E-state index in [4.69, 9.17) is 17.0 Å². The fourth-order valence-electron chi connectivity index (χ4n) is 3.20. The van der Waals surface area contributed by atoms with E-state index in [2.05, 4.69) is 10.6 Å². The van der Waals surface area contributed by atoms with Crippen molar-refractivity contribution in [3.8, 4) is 0 Å². The number of benzene rings is 1. The van der Waals surface area contributed by atoms with Crippen molar-refractivity contribution < 1.29 is 27.1 Å². The van der Waals surface area contributed by atoms with Gasteiger partial charge in [0.2, 0.25) is 0 Å². The first kappa shape index (κ1) is 21.5. The summed E-state index contributed by atoms with van der Waals surface area (Å²) in [5.74, 6) is -1.39. The van der Waals surface area contributed by atoms with Gasteiger partial charge in [0.1, 0.15) is 10.8 Å². The van der Waals surface area contributed by atoms with E-state index in [1.165, 1.54) is 18.4 Å². The number of ether oxygens (including phenoxy) is 1. The van der Waals surface area contributed by atoms with Gasteiger partial charge in [0.25, 0.3) is 0 Å². The van der Waals surface area contributed by atoms with Crippen LogP contribution >= 0.6 is 23.6 Å². The predicted octanol–water partition coefficient (Wildman–Crippen LogP) is 5.77. The number of nitrogens with one attached hydrogen (secondary N) is 2. The first-order valence-corrected chi connectivity index (χ1v) is 10.1. The number of fused-ring (bicyclic) bond motifs is 1. The third kappa shape index (κ3) is 4.87. The van der Waals surface area contributed by atoms with Gasteiger partial charge in [-0.1, -0.05) is 6.42 Å². The molecule has 0 unspecified atom stereocenters. The number of thiocarbonyl (C=S) groups is 1. The van der Waals surface area contributed by atoms with Gasteiger partial charge in [0.05, 0.1) is 23.9 Å². The Kier molecular flexibility index (Phi) is 6.42. The van der Waals surface area contributed by atoms with E-state index in [9.17, 15) is 22.4 Å². The molecule has 0 fully saturated rings. The van der Waals surface area contributed by atoms with Gasteiger partial charge in [0.15, 0.2) is 5.11 Å². The lowest BCUT2D eigenvalue weighted by molar-refractivity contribution is -0.137. The summed E-state index contributed by atoms with van der Waals surface area (Å²) in [6.45, 7) is 0. The van der Waals surface area contributed by atoms with E-state index >= 15 is 0 Å². The van der Waals surface area contributed by atoms with Crippen LogP contribution in [0.1, 0.15) is 45.6 Å². The van der Waals surface area contributed by atoms with Crippen molar-refractivity contribution in [2.75, 3.05) is 17.7 Å². The highest BCUT2D eigenvalue weighted by Gasteiger charge is 2.31. The molecule has 29 heavy (non-hydrogen) atoms. The molecule has 0 bridgehead atoms.